The third kappa shape index (κ3) is 3.50. The number of benzene rings is 2. The minimum Gasteiger partial charge on any atom is -0.377 e. The Balaban J connectivity index is 1.94. The van der Waals surface area contributed by atoms with Gasteiger partial charge in [0.15, 0.2) is 9.84 Å². The second-order valence-electron chi connectivity index (χ2n) is 6.00. The van der Waals surface area contributed by atoms with Crippen LogP contribution in [0.3, 0.4) is 0 Å². The number of non-ortho nitro benzene ring substituents is 1. The van der Waals surface area contributed by atoms with E-state index in [-0.39, 0.29) is 16.6 Å². The lowest BCUT2D eigenvalue weighted by Crippen LogP contribution is -2.08. The van der Waals surface area contributed by atoms with Crippen molar-refractivity contribution in [1.29, 1.82) is 0 Å². The fraction of sp³-hybridized carbons (Fsp3) is 0.167. The van der Waals surface area contributed by atoms with Crippen LogP contribution in [0.25, 0.3) is 10.9 Å². The van der Waals surface area contributed by atoms with E-state index in [1.54, 1.807) is 48.7 Å². The molecule has 0 amide bonds. The first-order valence-corrected chi connectivity index (χ1v) is 9.75. The van der Waals surface area contributed by atoms with Gasteiger partial charge in [-0.25, -0.2) is 8.42 Å². The number of nitro benzene ring substituents is 1. The normalized spacial score (nSPS) is 12.7. The minimum atomic E-state index is -3.24. The average molecular weight is 371 g/mol. The number of hydrogen-bond donors (Lipinski definition) is 1. The van der Waals surface area contributed by atoms with Gasteiger partial charge in [-0.1, -0.05) is 12.1 Å². The molecule has 26 heavy (non-hydrogen) atoms. The molecular weight excluding hydrogens is 354 g/mol. The molecule has 0 aliphatic carbocycles. The zero-order valence-electron chi connectivity index (χ0n) is 14.2. The number of aromatic nitrogens is 1. The summed E-state index contributed by atoms with van der Waals surface area (Å²) in [5.74, 6) is 0. The lowest BCUT2D eigenvalue weighted by atomic mass is 10.1. The highest BCUT2D eigenvalue weighted by Crippen LogP contribution is 2.31. The highest BCUT2D eigenvalue weighted by Gasteiger charge is 2.16. The fourth-order valence-electron chi connectivity index (χ4n) is 2.75. The molecule has 3 rings (SSSR count). The molecule has 2 aromatic carbocycles. The van der Waals surface area contributed by atoms with Gasteiger partial charge in [0, 0.05) is 24.6 Å². The molecule has 1 N–H and O–H groups in total. The number of nitrogens with zero attached hydrogens (tertiary/aromatic N) is 2. The van der Waals surface area contributed by atoms with Gasteiger partial charge in [0.25, 0.3) is 5.69 Å². The predicted octanol–water partition coefficient (Wildman–Crippen LogP) is 3.72. The summed E-state index contributed by atoms with van der Waals surface area (Å²) in [7, 11) is -3.24. The van der Waals surface area contributed by atoms with Crippen molar-refractivity contribution in [3.05, 3.63) is 70.4 Å². The standard InChI is InChI=1S/C18H17N3O4S/c1-12(13-5-7-14(8-6-13)26(2,24)25)20-16-9-10-17(21(22)23)15-4-3-11-19-18(15)16/h3-12,20H,1-2H3/t12-/m0/s1. The van der Waals surface area contributed by atoms with Crippen LogP contribution in [-0.2, 0) is 9.84 Å². The van der Waals surface area contributed by atoms with Gasteiger partial charge in [-0.2, -0.15) is 0 Å². The van der Waals surface area contributed by atoms with E-state index in [0.29, 0.717) is 16.6 Å². The smallest absolute Gasteiger partial charge is 0.278 e. The maximum Gasteiger partial charge on any atom is 0.278 e. The molecule has 0 radical (unpaired) electrons. The van der Waals surface area contributed by atoms with Crippen molar-refractivity contribution in [2.75, 3.05) is 11.6 Å². The van der Waals surface area contributed by atoms with Crippen LogP contribution in [0.15, 0.2) is 59.6 Å². The second kappa shape index (κ2) is 6.72. The molecule has 0 unspecified atom stereocenters. The number of fused-ring (bicyclic) bond motifs is 1. The minimum absolute atomic E-state index is 0.00353. The third-order valence-electron chi connectivity index (χ3n) is 4.12. The van der Waals surface area contributed by atoms with Gasteiger partial charge in [-0.05, 0) is 42.8 Å². The summed E-state index contributed by atoms with van der Waals surface area (Å²) in [5.41, 5.74) is 2.08. The van der Waals surface area contributed by atoms with Crippen LogP contribution in [0.4, 0.5) is 11.4 Å². The van der Waals surface area contributed by atoms with Crippen LogP contribution in [0.5, 0.6) is 0 Å². The van der Waals surface area contributed by atoms with Crippen molar-refractivity contribution in [1.82, 2.24) is 4.98 Å². The molecule has 1 aromatic heterocycles. The molecular formula is C18H17N3O4S. The molecule has 1 heterocycles. The molecule has 0 saturated carbocycles. The summed E-state index contributed by atoms with van der Waals surface area (Å²) >= 11 is 0. The van der Waals surface area contributed by atoms with E-state index in [1.165, 1.54) is 12.3 Å². The zero-order chi connectivity index (χ0) is 18.9. The molecule has 0 bridgehead atoms. The van der Waals surface area contributed by atoms with E-state index in [0.717, 1.165) is 5.56 Å². The molecule has 8 heteroatoms. The van der Waals surface area contributed by atoms with E-state index in [9.17, 15) is 18.5 Å². The summed E-state index contributed by atoms with van der Waals surface area (Å²) in [4.78, 5) is 15.3. The van der Waals surface area contributed by atoms with Crippen LogP contribution >= 0.6 is 0 Å². The summed E-state index contributed by atoms with van der Waals surface area (Å²) in [6.45, 7) is 1.92. The van der Waals surface area contributed by atoms with Crippen LogP contribution in [-0.4, -0.2) is 24.6 Å². The Morgan fingerprint density at radius 2 is 1.81 bits per heavy atom. The zero-order valence-corrected chi connectivity index (χ0v) is 15.0. The molecule has 7 nitrogen and oxygen atoms in total. The average Bonchev–Trinajstić information content (AvgIpc) is 2.61. The first kappa shape index (κ1) is 17.8. The highest BCUT2D eigenvalue weighted by atomic mass is 32.2. The van der Waals surface area contributed by atoms with Gasteiger partial charge in [-0.3, -0.25) is 15.1 Å². The van der Waals surface area contributed by atoms with E-state index in [4.69, 9.17) is 0 Å². The van der Waals surface area contributed by atoms with Crippen LogP contribution in [0.1, 0.15) is 18.5 Å². The third-order valence-corrected chi connectivity index (χ3v) is 5.25. The van der Waals surface area contributed by atoms with E-state index in [1.807, 2.05) is 6.92 Å². The van der Waals surface area contributed by atoms with Crippen molar-refractivity contribution in [2.24, 2.45) is 0 Å². The summed E-state index contributed by atoms with van der Waals surface area (Å²) < 4.78 is 23.1. The predicted molar refractivity (Wildman–Crippen MR) is 100.0 cm³/mol. The Labute approximate surface area is 150 Å². The molecule has 0 fully saturated rings. The fourth-order valence-corrected chi connectivity index (χ4v) is 3.38. The number of anilines is 1. The Morgan fingerprint density at radius 1 is 1.12 bits per heavy atom. The van der Waals surface area contributed by atoms with Crippen LogP contribution in [0.2, 0.25) is 0 Å². The topological polar surface area (TPSA) is 102 Å². The maximum absolute atomic E-state index is 11.6. The summed E-state index contributed by atoms with van der Waals surface area (Å²) in [6.07, 6.45) is 2.75. The maximum atomic E-state index is 11.6. The van der Waals surface area contributed by atoms with Gasteiger partial charge in [-0.15, -0.1) is 0 Å². The van der Waals surface area contributed by atoms with E-state index in [2.05, 4.69) is 10.3 Å². The first-order valence-electron chi connectivity index (χ1n) is 7.86. The Morgan fingerprint density at radius 3 is 2.42 bits per heavy atom. The highest BCUT2D eigenvalue weighted by molar-refractivity contribution is 7.90. The van der Waals surface area contributed by atoms with Crippen molar-refractivity contribution in [3.63, 3.8) is 0 Å². The first-order chi connectivity index (χ1) is 12.3. The van der Waals surface area contributed by atoms with Gasteiger partial charge in [0.05, 0.1) is 20.9 Å². The van der Waals surface area contributed by atoms with Gasteiger partial charge in [0.1, 0.15) is 5.52 Å². The SMILES string of the molecule is C[C@H](Nc1ccc([N+](=O)[O-])c2cccnc12)c1ccc(S(C)(=O)=O)cc1. The van der Waals surface area contributed by atoms with Crippen molar-refractivity contribution in [3.8, 4) is 0 Å². The lowest BCUT2D eigenvalue weighted by Gasteiger charge is -2.17. The number of sulfone groups is 1. The van der Waals surface area contributed by atoms with Crippen LogP contribution < -0.4 is 5.32 Å². The van der Waals surface area contributed by atoms with E-state index >= 15 is 0 Å². The molecule has 0 spiro atoms. The molecule has 0 aliphatic heterocycles. The van der Waals surface area contributed by atoms with Crippen molar-refractivity contribution < 1.29 is 13.3 Å². The van der Waals surface area contributed by atoms with Crippen molar-refractivity contribution in [2.45, 2.75) is 17.9 Å². The lowest BCUT2D eigenvalue weighted by molar-refractivity contribution is -0.383. The summed E-state index contributed by atoms with van der Waals surface area (Å²) in [6, 6.07) is 12.9. The molecule has 0 aliphatic rings. The second-order valence-corrected chi connectivity index (χ2v) is 8.01. The number of rotatable bonds is 5. The number of pyridine rings is 1. The van der Waals surface area contributed by atoms with E-state index < -0.39 is 14.8 Å². The summed E-state index contributed by atoms with van der Waals surface area (Å²) in [5, 5.41) is 14.9. The monoisotopic (exact) mass is 371 g/mol. The Bertz CT molecular complexity index is 1080. The van der Waals surface area contributed by atoms with Gasteiger partial charge in [0.2, 0.25) is 0 Å². The molecule has 134 valence electrons. The van der Waals surface area contributed by atoms with Crippen molar-refractivity contribution >= 4 is 32.1 Å². The Kier molecular flexibility index (Phi) is 4.60. The van der Waals surface area contributed by atoms with Gasteiger partial charge < -0.3 is 5.32 Å². The largest absolute Gasteiger partial charge is 0.377 e. The van der Waals surface area contributed by atoms with Gasteiger partial charge >= 0.3 is 0 Å². The molecule has 3 aromatic rings. The number of nitro groups is 1. The quantitative estimate of drug-likeness (QED) is 0.542. The molecule has 0 saturated heterocycles. The van der Waals surface area contributed by atoms with Crippen LogP contribution in [0, 0.1) is 10.1 Å². The number of nitrogens with one attached hydrogen (secondary N) is 1. The molecule has 1 atom stereocenters. The number of hydrogen-bond acceptors (Lipinski definition) is 6. The Hall–Kier alpha value is -3.00.